The summed E-state index contributed by atoms with van der Waals surface area (Å²) in [5.74, 6) is -0.173. The van der Waals surface area contributed by atoms with E-state index in [1.165, 1.54) is 5.56 Å². The number of nitrogens with zero attached hydrogens (tertiary/aromatic N) is 2. The number of carbonyl (C=O) groups excluding carboxylic acids is 1. The summed E-state index contributed by atoms with van der Waals surface area (Å²) in [5, 5.41) is 10.0. The first-order chi connectivity index (χ1) is 16.6. The van der Waals surface area contributed by atoms with Gasteiger partial charge in [-0.1, -0.05) is 42.5 Å². The summed E-state index contributed by atoms with van der Waals surface area (Å²) < 4.78 is 13.2. The zero-order chi connectivity index (χ0) is 23.9. The van der Waals surface area contributed by atoms with Crippen LogP contribution < -0.4 is 0 Å². The van der Waals surface area contributed by atoms with Gasteiger partial charge in [0.2, 0.25) is 5.76 Å². The van der Waals surface area contributed by atoms with Gasteiger partial charge in [0.1, 0.15) is 5.58 Å². The zero-order valence-electron chi connectivity index (χ0n) is 19.3. The van der Waals surface area contributed by atoms with Crippen LogP contribution in [0.2, 0.25) is 0 Å². The zero-order valence-corrected chi connectivity index (χ0v) is 20.1. The van der Waals surface area contributed by atoms with E-state index in [1.54, 1.807) is 18.9 Å². The highest BCUT2D eigenvalue weighted by molar-refractivity contribution is 7.97. The Kier molecular flexibility index (Phi) is 7.69. The van der Waals surface area contributed by atoms with E-state index in [0.717, 1.165) is 40.9 Å². The van der Waals surface area contributed by atoms with Gasteiger partial charge in [0, 0.05) is 28.9 Å². The summed E-state index contributed by atoms with van der Waals surface area (Å²) in [7, 11) is 0. The van der Waals surface area contributed by atoms with E-state index in [1.807, 2.05) is 49.4 Å². The van der Waals surface area contributed by atoms with Gasteiger partial charge in [0.05, 0.1) is 18.2 Å². The Morgan fingerprint density at radius 2 is 1.82 bits per heavy atom. The monoisotopic (exact) mass is 470 g/mol. The van der Waals surface area contributed by atoms with E-state index < -0.39 is 5.97 Å². The molecule has 1 aromatic heterocycles. The summed E-state index contributed by atoms with van der Waals surface area (Å²) in [6.07, 6.45) is 0.921. The van der Waals surface area contributed by atoms with Gasteiger partial charge < -0.3 is 9.15 Å². The molecule has 0 aliphatic carbocycles. The van der Waals surface area contributed by atoms with Crippen molar-refractivity contribution in [3.8, 4) is 6.07 Å². The minimum absolute atomic E-state index is 0.262. The van der Waals surface area contributed by atoms with Crippen molar-refractivity contribution in [2.75, 3.05) is 13.2 Å². The fourth-order valence-corrected chi connectivity index (χ4v) is 4.73. The maximum Gasteiger partial charge on any atom is 0.374 e. The van der Waals surface area contributed by atoms with E-state index >= 15 is 0 Å². The van der Waals surface area contributed by atoms with E-state index in [0.29, 0.717) is 17.8 Å². The molecule has 0 atom stereocenters. The fourth-order valence-electron chi connectivity index (χ4n) is 3.74. The average Bonchev–Trinajstić information content (AvgIpc) is 3.20. The van der Waals surface area contributed by atoms with Crippen molar-refractivity contribution in [2.45, 2.75) is 31.7 Å². The molecular formula is C28H26N2O3S. The quantitative estimate of drug-likeness (QED) is 0.204. The summed E-state index contributed by atoms with van der Waals surface area (Å²) in [5.41, 5.74) is 4.55. The molecule has 172 valence electrons. The first-order valence-corrected chi connectivity index (χ1v) is 12.0. The summed E-state index contributed by atoms with van der Waals surface area (Å²) in [4.78, 5) is 13.3. The lowest BCUT2D eigenvalue weighted by molar-refractivity contribution is 0.0491. The van der Waals surface area contributed by atoms with E-state index in [4.69, 9.17) is 14.4 Å². The third kappa shape index (κ3) is 5.69. The van der Waals surface area contributed by atoms with Crippen LogP contribution in [0.5, 0.6) is 0 Å². The van der Waals surface area contributed by atoms with Crippen LogP contribution in [-0.2, 0) is 17.7 Å². The largest absolute Gasteiger partial charge is 0.460 e. The molecule has 0 aliphatic heterocycles. The first kappa shape index (κ1) is 23.6. The molecule has 0 saturated carbocycles. The second-order valence-corrected chi connectivity index (χ2v) is 9.10. The van der Waals surface area contributed by atoms with Gasteiger partial charge in [-0.2, -0.15) is 5.26 Å². The Morgan fingerprint density at radius 1 is 1.06 bits per heavy atom. The second kappa shape index (κ2) is 11.1. The van der Waals surface area contributed by atoms with Crippen LogP contribution in [0.15, 0.2) is 82.1 Å². The lowest BCUT2D eigenvalue weighted by Gasteiger charge is -2.21. The normalized spacial score (nSPS) is 11.0. The second-order valence-electron chi connectivity index (χ2n) is 7.93. The van der Waals surface area contributed by atoms with Crippen LogP contribution >= 0.6 is 11.9 Å². The topological polar surface area (TPSA) is 66.5 Å². The highest BCUT2D eigenvalue weighted by Gasteiger charge is 2.19. The molecule has 6 heteroatoms. The van der Waals surface area contributed by atoms with Gasteiger partial charge >= 0.3 is 5.97 Å². The molecule has 4 rings (SSSR count). The van der Waals surface area contributed by atoms with Crippen molar-refractivity contribution in [1.29, 1.82) is 5.26 Å². The molecule has 1 heterocycles. The van der Waals surface area contributed by atoms with E-state index in [-0.39, 0.29) is 5.76 Å². The predicted octanol–water partition coefficient (Wildman–Crippen LogP) is 6.54. The van der Waals surface area contributed by atoms with E-state index in [9.17, 15) is 4.79 Å². The smallest absolute Gasteiger partial charge is 0.374 e. The molecule has 5 nitrogen and oxygen atoms in total. The molecule has 4 aromatic rings. The molecule has 0 N–H and O–H groups in total. The van der Waals surface area contributed by atoms with Gasteiger partial charge in [-0.3, -0.25) is 0 Å². The maximum absolute atomic E-state index is 12.2. The Bertz CT molecular complexity index is 1310. The number of furan rings is 1. The predicted molar refractivity (Wildman–Crippen MR) is 134 cm³/mol. The minimum atomic E-state index is -0.435. The maximum atomic E-state index is 12.2. The molecule has 0 radical (unpaired) electrons. The molecule has 0 spiro atoms. The minimum Gasteiger partial charge on any atom is -0.460 e. The van der Waals surface area contributed by atoms with Gasteiger partial charge in [0.25, 0.3) is 0 Å². The molecule has 0 saturated heterocycles. The van der Waals surface area contributed by atoms with Crippen LogP contribution in [-0.4, -0.2) is 23.4 Å². The molecule has 0 unspecified atom stereocenters. The Hall–Kier alpha value is -3.53. The first-order valence-electron chi connectivity index (χ1n) is 11.2. The van der Waals surface area contributed by atoms with Crippen molar-refractivity contribution in [2.24, 2.45) is 0 Å². The number of esters is 1. The molecular weight excluding hydrogens is 444 g/mol. The van der Waals surface area contributed by atoms with Gasteiger partial charge in [-0.05, 0) is 73.7 Å². The van der Waals surface area contributed by atoms with Crippen molar-refractivity contribution in [3.05, 3.63) is 101 Å². The lowest BCUT2D eigenvalue weighted by Crippen LogP contribution is -2.18. The van der Waals surface area contributed by atoms with Crippen LogP contribution in [0.4, 0.5) is 0 Å². The Labute approximate surface area is 204 Å². The van der Waals surface area contributed by atoms with Gasteiger partial charge in [-0.25, -0.2) is 9.10 Å². The third-order valence-electron chi connectivity index (χ3n) is 5.54. The molecule has 0 amide bonds. The fraction of sp³-hybridized carbons (Fsp3) is 0.214. The molecule has 0 aliphatic rings. The van der Waals surface area contributed by atoms with Crippen LogP contribution in [0, 0.1) is 18.3 Å². The molecule has 3 aromatic carbocycles. The van der Waals surface area contributed by atoms with Crippen molar-refractivity contribution in [3.63, 3.8) is 0 Å². The van der Waals surface area contributed by atoms with Crippen LogP contribution in [0.3, 0.4) is 0 Å². The lowest BCUT2D eigenvalue weighted by atomic mass is 10.1. The Balaban J connectivity index is 1.56. The van der Waals surface area contributed by atoms with Crippen LogP contribution in [0.1, 0.15) is 39.7 Å². The number of ether oxygens (including phenoxy) is 1. The number of hydrogen-bond donors (Lipinski definition) is 0. The summed E-state index contributed by atoms with van der Waals surface area (Å²) in [6.45, 7) is 5.56. The van der Waals surface area contributed by atoms with E-state index in [2.05, 4.69) is 40.7 Å². The number of aryl methyl sites for hydroxylation is 1. The number of benzene rings is 3. The van der Waals surface area contributed by atoms with Crippen molar-refractivity contribution < 1.29 is 13.9 Å². The molecule has 0 fully saturated rings. The molecule has 0 bridgehead atoms. The highest BCUT2D eigenvalue weighted by Crippen LogP contribution is 2.32. The van der Waals surface area contributed by atoms with Crippen molar-refractivity contribution >= 4 is 28.9 Å². The highest BCUT2D eigenvalue weighted by atomic mass is 32.2. The van der Waals surface area contributed by atoms with Gasteiger partial charge in [-0.15, -0.1) is 0 Å². The number of carbonyl (C=O) groups is 1. The standard InChI is InChI=1S/C28H26N2O3S/c1-3-32-28(31)27-20(2)25-17-24(13-14-26(25)33-27)34-30(16-15-21-7-5-4-6-8-21)19-23-11-9-22(18-29)10-12-23/h4-14,17H,3,15-16,19H2,1-2H3. The molecule has 34 heavy (non-hydrogen) atoms. The van der Waals surface area contributed by atoms with Crippen molar-refractivity contribution in [1.82, 2.24) is 4.31 Å². The number of rotatable bonds is 9. The number of hydrogen-bond acceptors (Lipinski definition) is 6. The SMILES string of the molecule is CCOC(=O)c1oc2ccc(SN(CCc3ccccc3)Cc3ccc(C#N)cc3)cc2c1C. The summed E-state index contributed by atoms with van der Waals surface area (Å²) >= 11 is 1.67. The number of nitriles is 1. The number of fused-ring (bicyclic) bond motifs is 1. The van der Waals surface area contributed by atoms with Gasteiger partial charge in [0.15, 0.2) is 0 Å². The summed E-state index contributed by atoms with van der Waals surface area (Å²) in [6, 6.07) is 26.3. The van der Waals surface area contributed by atoms with Crippen LogP contribution in [0.25, 0.3) is 11.0 Å². The third-order valence-corrected chi connectivity index (χ3v) is 6.57. The average molecular weight is 471 g/mol. The Morgan fingerprint density at radius 3 is 2.53 bits per heavy atom.